The van der Waals surface area contributed by atoms with Gasteiger partial charge in [0.2, 0.25) is 0 Å². The van der Waals surface area contributed by atoms with Crippen LogP contribution in [0.1, 0.15) is 108 Å². The highest BCUT2D eigenvalue weighted by Gasteiger charge is 2.36. The van der Waals surface area contributed by atoms with Crippen LogP contribution in [-0.4, -0.2) is 118 Å². The number of aryl methyl sites for hydroxylation is 2. The molecule has 4 fully saturated rings. The average Bonchev–Trinajstić information content (AvgIpc) is 4.44. The first-order valence-electron chi connectivity index (χ1n) is 27.5. The third kappa shape index (κ3) is 11.4. The largest absolute Gasteiger partial charge is 0.478 e. The third-order valence-electron chi connectivity index (χ3n) is 16.7. The summed E-state index contributed by atoms with van der Waals surface area (Å²) in [5.74, 6) is 1.66. The lowest BCUT2D eigenvalue weighted by atomic mass is 10.0. The molecule has 2 aliphatic heterocycles. The number of fused-ring (bicyclic) bond motifs is 2. The van der Waals surface area contributed by atoms with Gasteiger partial charge in [-0.05, 0) is 126 Å². The molecule has 2 aliphatic carbocycles. The van der Waals surface area contributed by atoms with Gasteiger partial charge in [0.1, 0.15) is 22.9 Å². The van der Waals surface area contributed by atoms with Crippen LogP contribution in [0.5, 0.6) is 0 Å². The number of methoxy groups -OCH3 is 1. The average molecular weight is 1150 g/mol. The third-order valence-corrected chi connectivity index (χ3v) is 18.0. The number of rotatable bonds is 14. The zero-order valence-electron chi connectivity index (χ0n) is 45.3. The molecule has 4 aromatic heterocycles. The number of carboxylic acids is 1. The fourth-order valence-corrected chi connectivity index (χ4v) is 12.9. The number of aromatic carboxylic acids is 1. The standard InChI is InChI=1S/C31H34Cl2N4O3.C30H32Cl2N4O3/c1-19-11-13-37(21-9-10-22-24(31(38)39-3)18-35(2)27(22)17-21)16-15-36(19)14-12-23-29(34-40-30(23)20-7-8-20)28-25(32)5-4-6-26(28)33;1-18-10-12-36(20-8-9-21-23(30(37)38)17-34(2)26(21)16-20)15-14-35(18)13-11-22-28(33-39-29(22)19-6-7-19)27-24(31)4-3-5-25(27)32/h4-6,9-10,17-20H,7-8,11-16H2,1-3H3;3-5,8-9,16-19H,6-7,10-15H2,1-2H3,(H,37,38). The Hall–Kier alpha value is -6.00. The van der Waals surface area contributed by atoms with Crippen molar-refractivity contribution < 1.29 is 28.5 Å². The van der Waals surface area contributed by atoms with Crippen LogP contribution in [0.25, 0.3) is 44.3 Å². The van der Waals surface area contributed by atoms with Crippen molar-refractivity contribution in [3.05, 3.63) is 139 Å². The summed E-state index contributed by atoms with van der Waals surface area (Å²) in [6, 6.07) is 24.4. The molecule has 6 heterocycles. The molecule has 18 heteroatoms. The number of hydrogen-bond donors (Lipinski definition) is 1. The summed E-state index contributed by atoms with van der Waals surface area (Å²) in [4.78, 5) is 33.8. The van der Waals surface area contributed by atoms with E-state index in [2.05, 4.69) is 62.0 Å². The molecule has 0 spiro atoms. The van der Waals surface area contributed by atoms with Crippen molar-refractivity contribution in [3.63, 3.8) is 0 Å². The van der Waals surface area contributed by atoms with Gasteiger partial charge in [0, 0.05) is 147 Å². The minimum absolute atomic E-state index is 0.310. The number of carbonyl (C=O) groups is 2. The number of halogens is 4. The molecule has 2 unspecified atom stereocenters. The SMILES string of the molecule is CC1CCN(c2ccc3c(C(=O)O)cn(C)c3c2)CCN1CCc1c(-c2c(Cl)cccc2Cl)noc1C1CC1.COC(=O)c1cn(C)c2cc(N3CCC(C)N(CCc4c(-c5c(Cl)cccc5Cl)noc4C4CC4)CC3)ccc12. The van der Waals surface area contributed by atoms with Crippen LogP contribution in [-0.2, 0) is 31.7 Å². The van der Waals surface area contributed by atoms with Crippen LogP contribution in [0, 0.1) is 0 Å². The summed E-state index contributed by atoms with van der Waals surface area (Å²) in [6.45, 7) is 12.0. The van der Waals surface area contributed by atoms with Crippen molar-refractivity contribution in [1.82, 2.24) is 29.2 Å². The van der Waals surface area contributed by atoms with Gasteiger partial charge in [-0.3, -0.25) is 9.80 Å². The maximum Gasteiger partial charge on any atom is 0.340 e. The summed E-state index contributed by atoms with van der Waals surface area (Å²) in [5, 5.41) is 22.5. The quantitative estimate of drug-likeness (QED) is 0.104. The Labute approximate surface area is 480 Å². The molecule has 8 aromatic rings. The number of hydrogen-bond acceptors (Lipinski definition) is 11. The van der Waals surface area contributed by atoms with Gasteiger partial charge in [0.05, 0.1) is 49.4 Å². The zero-order chi connectivity index (χ0) is 55.2. The first kappa shape index (κ1) is 54.9. The van der Waals surface area contributed by atoms with E-state index in [9.17, 15) is 14.7 Å². The maximum atomic E-state index is 12.2. The second-order valence-corrected chi connectivity index (χ2v) is 23.4. The number of ether oxygens (including phenoxy) is 1. The monoisotopic (exact) mass is 1150 g/mol. The highest BCUT2D eigenvalue weighted by Crippen LogP contribution is 2.48. The number of benzene rings is 4. The molecule has 0 radical (unpaired) electrons. The van der Waals surface area contributed by atoms with Crippen LogP contribution in [0.15, 0.2) is 94.2 Å². The van der Waals surface area contributed by atoms with Crippen LogP contribution >= 0.6 is 46.4 Å². The van der Waals surface area contributed by atoms with Gasteiger partial charge >= 0.3 is 11.9 Å². The van der Waals surface area contributed by atoms with E-state index in [4.69, 9.17) is 60.2 Å². The Morgan fingerprint density at radius 1 is 0.595 bits per heavy atom. The van der Waals surface area contributed by atoms with Crippen molar-refractivity contribution in [2.45, 2.75) is 89.1 Å². The Balaban J connectivity index is 0.000000167. The first-order chi connectivity index (χ1) is 38.2. The lowest BCUT2D eigenvalue weighted by Gasteiger charge is -2.26. The summed E-state index contributed by atoms with van der Waals surface area (Å²) in [7, 11) is 5.28. The van der Waals surface area contributed by atoms with Gasteiger partial charge in [0.15, 0.2) is 0 Å². The van der Waals surface area contributed by atoms with Gasteiger partial charge in [-0.25, -0.2) is 9.59 Å². The van der Waals surface area contributed by atoms with Crippen LogP contribution in [0.4, 0.5) is 11.4 Å². The summed E-state index contributed by atoms with van der Waals surface area (Å²) >= 11 is 26.3. The lowest BCUT2D eigenvalue weighted by Crippen LogP contribution is -2.36. The topological polar surface area (TPSA) is 138 Å². The molecule has 4 aromatic carbocycles. The number of esters is 1. The van der Waals surface area contributed by atoms with E-state index in [0.717, 1.165) is 176 Å². The minimum Gasteiger partial charge on any atom is -0.478 e. The van der Waals surface area contributed by atoms with Crippen molar-refractivity contribution in [2.75, 3.05) is 69.3 Å². The molecule has 4 aliphatic rings. The smallest absolute Gasteiger partial charge is 0.340 e. The van der Waals surface area contributed by atoms with Crippen molar-refractivity contribution >= 4 is 91.5 Å². The van der Waals surface area contributed by atoms with E-state index in [1.165, 1.54) is 12.8 Å². The second kappa shape index (κ2) is 23.2. The van der Waals surface area contributed by atoms with Crippen LogP contribution < -0.4 is 9.80 Å². The molecule has 12 rings (SSSR count). The van der Waals surface area contributed by atoms with Gasteiger partial charge in [-0.15, -0.1) is 0 Å². The molecule has 2 atom stereocenters. The van der Waals surface area contributed by atoms with Gasteiger partial charge < -0.3 is 37.8 Å². The lowest BCUT2D eigenvalue weighted by molar-refractivity contribution is 0.0601. The van der Waals surface area contributed by atoms with Crippen molar-refractivity contribution in [3.8, 4) is 22.5 Å². The molecular formula is C61H66Cl4N8O6. The molecule has 79 heavy (non-hydrogen) atoms. The first-order valence-corrected chi connectivity index (χ1v) is 29.0. The second-order valence-electron chi connectivity index (χ2n) is 21.8. The molecule has 0 bridgehead atoms. The molecule has 414 valence electrons. The molecule has 2 saturated carbocycles. The molecule has 0 amide bonds. The molecule has 2 saturated heterocycles. The Morgan fingerprint density at radius 2 is 1.01 bits per heavy atom. The maximum absolute atomic E-state index is 12.2. The van der Waals surface area contributed by atoms with E-state index in [-0.39, 0.29) is 5.97 Å². The Morgan fingerprint density at radius 3 is 1.42 bits per heavy atom. The van der Waals surface area contributed by atoms with Crippen molar-refractivity contribution in [2.24, 2.45) is 14.1 Å². The minimum atomic E-state index is -0.898. The number of carbonyl (C=O) groups excluding carboxylic acids is 1. The summed E-state index contributed by atoms with van der Waals surface area (Å²) < 4.78 is 20.6. The zero-order valence-corrected chi connectivity index (χ0v) is 48.3. The highest BCUT2D eigenvalue weighted by atomic mass is 35.5. The fraction of sp³-hybridized carbons (Fsp3) is 0.410. The number of carboxylic acid groups (broad SMARTS) is 1. The van der Waals surface area contributed by atoms with E-state index in [1.54, 1.807) is 6.20 Å². The fourth-order valence-electron chi connectivity index (χ4n) is 11.8. The number of anilines is 2. The number of nitrogens with zero attached hydrogens (tertiary/aromatic N) is 8. The Bertz CT molecular complexity index is 3520. The van der Waals surface area contributed by atoms with Crippen molar-refractivity contribution in [1.29, 1.82) is 0 Å². The predicted octanol–water partition coefficient (Wildman–Crippen LogP) is 13.8. The van der Waals surface area contributed by atoms with E-state index in [0.29, 0.717) is 55.1 Å². The van der Waals surface area contributed by atoms with E-state index >= 15 is 0 Å². The van der Waals surface area contributed by atoms with Gasteiger partial charge in [-0.2, -0.15) is 0 Å². The molecule has 1 N–H and O–H groups in total. The molecular weight excluding hydrogens is 1080 g/mol. The Kier molecular flexibility index (Phi) is 16.2. The van der Waals surface area contributed by atoms with Gasteiger partial charge in [-0.1, -0.05) is 68.8 Å². The normalized spacial score (nSPS) is 18.4. The van der Waals surface area contributed by atoms with Crippen LogP contribution in [0.3, 0.4) is 0 Å². The summed E-state index contributed by atoms with van der Waals surface area (Å²) in [5.41, 5.74) is 10.5. The van der Waals surface area contributed by atoms with E-state index in [1.807, 2.05) is 84.0 Å². The highest BCUT2D eigenvalue weighted by molar-refractivity contribution is 6.39. The number of aromatic nitrogens is 4. The molecule has 14 nitrogen and oxygen atoms in total. The predicted molar refractivity (Wildman–Crippen MR) is 315 cm³/mol. The van der Waals surface area contributed by atoms with E-state index < -0.39 is 5.97 Å². The van der Waals surface area contributed by atoms with Gasteiger partial charge in [0.25, 0.3) is 0 Å². The van der Waals surface area contributed by atoms with Crippen LogP contribution in [0.2, 0.25) is 20.1 Å². The summed E-state index contributed by atoms with van der Waals surface area (Å²) in [6.07, 6.45) is 11.8.